The lowest BCUT2D eigenvalue weighted by molar-refractivity contribution is -0.242. The predicted molar refractivity (Wildman–Crippen MR) is 72.0 cm³/mol. The summed E-state index contributed by atoms with van der Waals surface area (Å²) in [5, 5.41) is 37.0. The van der Waals surface area contributed by atoms with Crippen molar-refractivity contribution < 1.29 is 28.3 Å². The zero-order chi connectivity index (χ0) is 16.5. The third-order valence-corrected chi connectivity index (χ3v) is 5.89. The van der Waals surface area contributed by atoms with E-state index in [-0.39, 0.29) is 0 Å². The molecular weight excluding hydrogens is 320 g/mol. The third kappa shape index (κ3) is 1.90. The van der Waals surface area contributed by atoms with Crippen molar-refractivity contribution in [1.82, 2.24) is 20.9 Å². The van der Waals surface area contributed by atoms with Gasteiger partial charge in [-0.1, -0.05) is 0 Å². The van der Waals surface area contributed by atoms with E-state index in [2.05, 4.69) is 16.0 Å². The quantitative estimate of drug-likeness (QED) is 0.170. The lowest BCUT2D eigenvalue weighted by atomic mass is 9.86. The molecule has 22 heavy (non-hydrogen) atoms. The number of rotatable bonds is 2. The van der Waals surface area contributed by atoms with Gasteiger partial charge in [-0.3, -0.25) is 20.5 Å². The van der Waals surface area contributed by atoms with Crippen LogP contribution in [-0.2, 0) is 10.1 Å². The first-order chi connectivity index (χ1) is 10.1. The molecule has 0 amide bonds. The maximum absolute atomic E-state index is 11.5. The SMILES string of the molecule is NC1N[C@H]2[C@H](CO)NC(N)N3C[C@H](S(=O)(=O)O)C(O)(O)[C@]23N1. The number of aliphatic hydroxyl groups excluding tert-OH is 1. The molecule has 0 saturated carbocycles. The Kier molecular flexibility index (Phi) is 3.56. The van der Waals surface area contributed by atoms with Gasteiger partial charge in [-0.05, 0) is 0 Å². The molecule has 0 aliphatic carbocycles. The predicted octanol–water partition coefficient (Wildman–Crippen LogP) is -6.05. The molecule has 128 valence electrons. The van der Waals surface area contributed by atoms with Crippen LogP contribution < -0.4 is 27.4 Å². The molecule has 0 aromatic rings. The zero-order valence-corrected chi connectivity index (χ0v) is 12.2. The van der Waals surface area contributed by atoms with Gasteiger partial charge in [0.15, 0.2) is 5.25 Å². The van der Waals surface area contributed by atoms with Gasteiger partial charge in [0.1, 0.15) is 18.2 Å². The first-order valence-corrected chi connectivity index (χ1v) is 8.15. The highest BCUT2D eigenvalue weighted by molar-refractivity contribution is 7.86. The Balaban J connectivity index is 2.15. The molecule has 0 radical (unpaired) electrons. The Morgan fingerprint density at radius 1 is 1.27 bits per heavy atom. The van der Waals surface area contributed by atoms with Gasteiger partial charge in [-0.15, -0.1) is 0 Å². The lowest BCUT2D eigenvalue weighted by Crippen LogP contribution is -2.83. The molecule has 0 aromatic carbocycles. The summed E-state index contributed by atoms with van der Waals surface area (Å²) >= 11 is 0. The molecule has 13 heteroatoms. The van der Waals surface area contributed by atoms with Gasteiger partial charge in [0.25, 0.3) is 10.1 Å². The van der Waals surface area contributed by atoms with Crippen LogP contribution in [0.3, 0.4) is 0 Å². The molecule has 0 aromatic heterocycles. The van der Waals surface area contributed by atoms with Crippen molar-refractivity contribution in [3.63, 3.8) is 0 Å². The average molecular weight is 340 g/mol. The number of hydrogen-bond acceptors (Lipinski definition) is 11. The van der Waals surface area contributed by atoms with Crippen molar-refractivity contribution in [2.45, 2.75) is 41.4 Å². The summed E-state index contributed by atoms with van der Waals surface area (Å²) in [7, 11) is -4.77. The van der Waals surface area contributed by atoms with Gasteiger partial charge in [0, 0.05) is 6.54 Å². The second-order valence-electron chi connectivity index (χ2n) is 5.82. The number of nitrogens with zero attached hydrogens (tertiary/aromatic N) is 1. The van der Waals surface area contributed by atoms with E-state index in [4.69, 9.17) is 11.5 Å². The smallest absolute Gasteiger partial charge is 0.274 e. The Bertz CT molecular complexity index is 573. The minimum Gasteiger partial charge on any atom is -0.395 e. The fourth-order valence-electron chi connectivity index (χ4n) is 3.79. The molecule has 0 bridgehead atoms. The van der Waals surface area contributed by atoms with Crippen LogP contribution in [0.5, 0.6) is 0 Å². The summed E-state index contributed by atoms with van der Waals surface area (Å²) in [6, 6.07) is -1.58. The van der Waals surface area contributed by atoms with Gasteiger partial charge < -0.3 is 26.8 Å². The molecule has 3 aliphatic rings. The Morgan fingerprint density at radius 3 is 2.45 bits per heavy atom. The fraction of sp³-hybridized carbons (Fsp3) is 1.00. The molecule has 3 aliphatic heterocycles. The fourth-order valence-corrected chi connectivity index (χ4v) is 4.74. The van der Waals surface area contributed by atoms with E-state index in [0.717, 1.165) is 0 Å². The van der Waals surface area contributed by atoms with E-state index >= 15 is 0 Å². The highest BCUT2D eigenvalue weighted by atomic mass is 32.2. The summed E-state index contributed by atoms with van der Waals surface area (Å²) < 4.78 is 32.4. The molecule has 2 unspecified atom stereocenters. The van der Waals surface area contributed by atoms with E-state index < -0.39 is 64.6 Å². The van der Waals surface area contributed by atoms with E-state index in [1.807, 2.05) is 0 Å². The molecule has 3 rings (SSSR count). The van der Waals surface area contributed by atoms with E-state index in [1.54, 1.807) is 0 Å². The molecular formula is C9H20N6O6S. The van der Waals surface area contributed by atoms with Gasteiger partial charge in [0.05, 0.1) is 18.7 Å². The average Bonchev–Trinajstić information content (AvgIpc) is 2.84. The normalized spacial score (nSPS) is 48.2. The van der Waals surface area contributed by atoms with Gasteiger partial charge >= 0.3 is 0 Å². The standard InChI is InChI=1S/C9H20N6O6S/c10-6-13-5-3(2-16)12-7(11)15-1-4(22(19,20)21)9(17,18)8(5,15)14-6/h3-7,12-14,16-18H,1-2,10-11H2,(H,19,20,21)/t3-,4-,5-,6?,7?,8-/m0/s1. The van der Waals surface area contributed by atoms with Crippen LogP contribution in [0.4, 0.5) is 0 Å². The number of nitrogens with two attached hydrogens (primary N) is 2. The van der Waals surface area contributed by atoms with Crippen molar-refractivity contribution >= 4 is 10.1 Å². The molecule has 3 heterocycles. The van der Waals surface area contributed by atoms with Gasteiger partial charge in [-0.25, -0.2) is 4.90 Å². The molecule has 11 N–H and O–H groups in total. The van der Waals surface area contributed by atoms with E-state index in [0.29, 0.717) is 0 Å². The molecule has 6 atom stereocenters. The van der Waals surface area contributed by atoms with Crippen molar-refractivity contribution in [1.29, 1.82) is 0 Å². The van der Waals surface area contributed by atoms with Crippen molar-refractivity contribution in [2.75, 3.05) is 13.2 Å². The molecule has 3 fully saturated rings. The number of nitrogens with one attached hydrogen (secondary N) is 3. The third-order valence-electron chi connectivity index (χ3n) is 4.69. The Hall–Kier alpha value is -0.450. The number of hydrogen-bond donors (Lipinski definition) is 9. The second-order valence-corrected chi connectivity index (χ2v) is 7.41. The van der Waals surface area contributed by atoms with Crippen LogP contribution in [0, 0.1) is 0 Å². The Morgan fingerprint density at radius 2 is 1.91 bits per heavy atom. The molecule has 1 spiro atoms. The number of aliphatic hydroxyl groups is 3. The highest BCUT2D eigenvalue weighted by Crippen LogP contribution is 2.45. The van der Waals surface area contributed by atoms with Gasteiger partial charge in [-0.2, -0.15) is 8.42 Å². The summed E-state index contributed by atoms with van der Waals surface area (Å²) in [4.78, 5) is 1.27. The van der Waals surface area contributed by atoms with E-state index in [1.165, 1.54) is 4.90 Å². The molecule has 12 nitrogen and oxygen atoms in total. The maximum Gasteiger partial charge on any atom is 0.274 e. The van der Waals surface area contributed by atoms with Crippen LogP contribution in [0.25, 0.3) is 0 Å². The first kappa shape index (κ1) is 16.4. The highest BCUT2D eigenvalue weighted by Gasteiger charge is 2.75. The first-order valence-electron chi connectivity index (χ1n) is 6.65. The van der Waals surface area contributed by atoms with Crippen LogP contribution in [-0.4, -0.2) is 87.7 Å². The summed E-state index contributed by atoms with van der Waals surface area (Å²) in [5.74, 6) is -2.89. The van der Waals surface area contributed by atoms with Crippen LogP contribution in [0.2, 0.25) is 0 Å². The zero-order valence-electron chi connectivity index (χ0n) is 11.4. The van der Waals surface area contributed by atoms with Crippen molar-refractivity contribution in [2.24, 2.45) is 11.5 Å². The minimum absolute atomic E-state index is 0.401. The van der Waals surface area contributed by atoms with Crippen LogP contribution >= 0.6 is 0 Å². The summed E-state index contributed by atoms with van der Waals surface area (Å²) in [5.41, 5.74) is 9.87. The monoisotopic (exact) mass is 340 g/mol. The topological polar surface area (TPSA) is 206 Å². The summed E-state index contributed by atoms with van der Waals surface area (Å²) in [6.07, 6.45) is -1.88. The molecule has 3 saturated heterocycles. The second kappa shape index (κ2) is 4.78. The largest absolute Gasteiger partial charge is 0.395 e. The van der Waals surface area contributed by atoms with Gasteiger partial charge in [0.2, 0.25) is 5.79 Å². The Labute approximate surface area is 126 Å². The minimum atomic E-state index is -4.77. The van der Waals surface area contributed by atoms with Crippen LogP contribution in [0.1, 0.15) is 0 Å². The van der Waals surface area contributed by atoms with E-state index in [9.17, 15) is 28.3 Å². The summed E-state index contributed by atoms with van der Waals surface area (Å²) in [6.45, 7) is -0.835. The maximum atomic E-state index is 11.5. The lowest BCUT2D eigenvalue weighted by Gasteiger charge is -2.53. The van der Waals surface area contributed by atoms with Crippen LogP contribution in [0.15, 0.2) is 0 Å². The van der Waals surface area contributed by atoms with Crippen molar-refractivity contribution in [3.05, 3.63) is 0 Å². The van der Waals surface area contributed by atoms with Crippen molar-refractivity contribution in [3.8, 4) is 0 Å².